The first-order chi connectivity index (χ1) is 22.4. The summed E-state index contributed by atoms with van der Waals surface area (Å²) in [5.74, 6) is -0.643. The Bertz CT molecular complexity index is 923. The van der Waals surface area contributed by atoms with Crippen LogP contribution in [0.5, 0.6) is 0 Å². The van der Waals surface area contributed by atoms with Crippen LogP contribution >= 0.6 is 15.9 Å². The van der Waals surface area contributed by atoms with Crippen molar-refractivity contribution in [1.82, 2.24) is 31.3 Å². The Balaban J connectivity index is 1.82. The molecule has 4 N–H and O–H groups in total. The van der Waals surface area contributed by atoms with E-state index in [4.69, 9.17) is 9.47 Å². The van der Waals surface area contributed by atoms with Crippen LogP contribution in [0.4, 0.5) is 0 Å². The van der Waals surface area contributed by atoms with E-state index in [1.165, 1.54) is 64.2 Å². The van der Waals surface area contributed by atoms with Crippen molar-refractivity contribution in [3.63, 3.8) is 0 Å². The number of carboxylic acids is 1. The Morgan fingerprint density at radius 3 is 1.96 bits per heavy atom. The number of unbranched alkanes of at least 4 members (excludes halogenated alkanes) is 13. The highest BCUT2D eigenvalue weighted by Crippen LogP contribution is 2.14. The molecule has 0 spiro atoms. The molecule has 0 saturated heterocycles. The zero-order valence-electron chi connectivity index (χ0n) is 27.6. The van der Waals surface area contributed by atoms with Gasteiger partial charge in [-0.15, -0.1) is 10.2 Å². The fourth-order valence-electron chi connectivity index (χ4n) is 4.96. The third-order valence-electron chi connectivity index (χ3n) is 7.59. The fraction of sp³-hybridized carbons (Fsp3) is 0.844. The Kier molecular flexibility index (Phi) is 27.0. The van der Waals surface area contributed by atoms with Crippen LogP contribution in [0.2, 0.25) is 0 Å². The lowest BCUT2D eigenvalue weighted by atomic mass is 10.0. The number of ketones is 1. The SMILES string of the molecule is O=C(CCCCCCCCCCCCCCCc1nn[nH]n1)CCCOCCOCC(=O)NC(CCCCNC(=O)CBr)C(=O)O. The molecule has 1 atom stereocenters. The molecule has 2 amide bonds. The standard InChI is InChI=1S/C32H57BrN6O7/c33-25-30(41)34-21-15-14-19-28(32(43)44)35-31(42)26-46-24-23-45-22-16-18-27(40)17-12-10-8-6-4-2-1-3-5-7-9-11-13-20-29-36-38-39-37-29/h28H,1-26H2,(H,34,41)(H,35,42)(H,43,44)(H,36,37,38,39). The number of aryl methyl sites for hydroxylation is 1. The minimum Gasteiger partial charge on any atom is -0.480 e. The zero-order chi connectivity index (χ0) is 33.5. The normalized spacial score (nSPS) is 11.8. The van der Waals surface area contributed by atoms with Gasteiger partial charge in [-0.1, -0.05) is 91.8 Å². The van der Waals surface area contributed by atoms with Crippen molar-refractivity contribution in [3.05, 3.63) is 5.82 Å². The number of H-pyrrole nitrogens is 1. The van der Waals surface area contributed by atoms with E-state index in [-0.39, 0.29) is 36.7 Å². The van der Waals surface area contributed by atoms with E-state index >= 15 is 0 Å². The molecule has 0 radical (unpaired) electrons. The summed E-state index contributed by atoms with van der Waals surface area (Å²) < 4.78 is 10.8. The number of hydrogen-bond acceptors (Lipinski definition) is 9. The third-order valence-corrected chi connectivity index (χ3v) is 8.10. The number of carboxylic acid groups (broad SMARTS) is 1. The summed E-state index contributed by atoms with van der Waals surface area (Å²) >= 11 is 3.06. The van der Waals surface area contributed by atoms with E-state index in [1.54, 1.807) is 0 Å². The fourth-order valence-corrected chi connectivity index (χ4v) is 5.16. The van der Waals surface area contributed by atoms with Crippen LogP contribution in [0, 0.1) is 0 Å². The number of ether oxygens (including phenoxy) is 2. The molecule has 0 aromatic carbocycles. The molecule has 0 fully saturated rings. The number of halogens is 1. The van der Waals surface area contributed by atoms with E-state index in [2.05, 4.69) is 47.2 Å². The number of carbonyl (C=O) groups excluding carboxylic acids is 3. The second-order valence-corrected chi connectivity index (χ2v) is 12.2. The molecule has 264 valence electrons. The number of rotatable bonds is 33. The summed E-state index contributed by atoms with van der Waals surface area (Å²) in [4.78, 5) is 46.7. The van der Waals surface area contributed by atoms with Gasteiger partial charge in [-0.2, -0.15) is 5.21 Å². The summed E-state index contributed by atoms with van der Waals surface area (Å²) in [6.07, 6.45) is 20.2. The molecule has 1 aromatic heterocycles. The lowest BCUT2D eigenvalue weighted by molar-refractivity contribution is -0.142. The van der Waals surface area contributed by atoms with E-state index in [0.29, 0.717) is 51.9 Å². The number of alkyl halides is 1. The Labute approximate surface area is 282 Å². The largest absolute Gasteiger partial charge is 0.480 e. The number of hydrogen-bond donors (Lipinski definition) is 4. The first-order valence-corrected chi connectivity index (χ1v) is 18.3. The van der Waals surface area contributed by atoms with Gasteiger partial charge < -0.3 is 25.2 Å². The first kappa shape index (κ1) is 41.6. The molecule has 13 nitrogen and oxygen atoms in total. The number of carbonyl (C=O) groups is 4. The smallest absolute Gasteiger partial charge is 0.326 e. The lowest BCUT2D eigenvalue weighted by Gasteiger charge is -2.14. The number of amides is 2. The molecule has 1 rings (SSSR count). The van der Waals surface area contributed by atoms with E-state index in [1.807, 2.05) is 0 Å². The molecule has 14 heteroatoms. The Morgan fingerprint density at radius 2 is 1.35 bits per heavy atom. The second kappa shape index (κ2) is 29.9. The monoisotopic (exact) mass is 716 g/mol. The van der Waals surface area contributed by atoms with E-state index in [9.17, 15) is 24.3 Å². The molecule has 1 heterocycles. The summed E-state index contributed by atoms with van der Waals surface area (Å²) in [6, 6.07) is -1.00. The third kappa shape index (κ3) is 25.7. The number of nitrogens with zero attached hydrogens (tertiary/aromatic N) is 3. The van der Waals surface area contributed by atoms with Gasteiger partial charge in [0, 0.05) is 32.4 Å². The van der Waals surface area contributed by atoms with Crippen molar-refractivity contribution in [1.29, 1.82) is 0 Å². The quantitative estimate of drug-likeness (QED) is 0.0580. The minimum absolute atomic E-state index is 0.126. The zero-order valence-corrected chi connectivity index (χ0v) is 29.2. The summed E-state index contributed by atoms with van der Waals surface area (Å²) in [6.45, 7) is 1.17. The average molecular weight is 718 g/mol. The highest BCUT2D eigenvalue weighted by atomic mass is 79.9. The second-order valence-electron chi connectivity index (χ2n) is 11.7. The number of Topliss-reactive ketones (excluding diaryl/α,β-unsaturated/α-hetero) is 1. The molecule has 0 aliphatic heterocycles. The molecule has 0 bridgehead atoms. The summed E-state index contributed by atoms with van der Waals surface area (Å²) in [5, 5.41) is 28.7. The van der Waals surface area contributed by atoms with Gasteiger partial charge >= 0.3 is 5.97 Å². The molecular weight excluding hydrogens is 660 g/mol. The molecule has 1 unspecified atom stereocenters. The number of nitrogens with one attached hydrogen (secondary N) is 3. The van der Waals surface area contributed by atoms with E-state index in [0.717, 1.165) is 31.5 Å². The van der Waals surface area contributed by atoms with Gasteiger partial charge in [0.2, 0.25) is 11.8 Å². The maximum atomic E-state index is 12.1. The van der Waals surface area contributed by atoms with Gasteiger partial charge in [-0.25, -0.2) is 4.79 Å². The van der Waals surface area contributed by atoms with Crippen LogP contribution in [-0.4, -0.2) is 93.6 Å². The average Bonchev–Trinajstić information content (AvgIpc) is 3.56. The van der Waals surface area contributed by atoms with Gasteiger partial charge in [0.05, 0.1) is 18.5 Å². The molecular formula is C32H57BrN6O7. The predicted molar refractivity (Wildman–Crippen MR) is 179 cm³/mol. The predicted octanol–water partition coefficient (Wildman–Crippen LogP) is 4.84. The molecule has 46 heavy (non-hydrogen) atoms. The highest BCUT2D eigenvalue weighted by molar-refractivity contribution is 9.09. The summed E-state index contributed by atoms with van der Waals surface area (Å²) in [5.41, 5.74) is 0. The number of aliphatic carboxylic acids is 1. The Morgan fingerprint density at radius 1 is 0.739 bits per heavy atom. The van der Waals surface area contributed by atoms with Crippen LogP contribution in [-0.2, 0) is 35.1 Å². The van der Waals surface area contributed by atoms with Crippen molar-refractivity contribution in [2.24, 2.45) is 0 Å². The van der Waals surface area contributed by atoms with Crippen LogP contribution < -0.4 is 10.6 Å². The maximum Gasteiger partial charge on any atom is 0.326 e. The number of tetrazole rings is 1. The van der Waals surface area contributed by atoms with E-state index < -0.39 is 17.9 Å². The van der Waals surface area contributed by atoms with Crippen LogP contribution in [0.25, 0.3) is 0 Å². The molecule has 0 aliphatic carbocycles. The van der Waals surface area contributed by atoms with Gasteiger partial charge in [0.25, 0.3) is 0 Å². The van der Waals surface area contributed by atoms with Crippen LogP contribution in [0.1, 0.15) is 128 Å². The molecule has 0 aliphatic rings. The first-order valence-electron chi connectivity index (χ1n) is 17.2. The lowest BCUT2D eigenvalue weighted by Crippen LogP contribution is -2.42. The van der Waals surface area contributed by atoms with Crippen molar-refractivity contribution >= 4 is 39.5 Å². The Hall–Kier alpha value is -2.45. The van der Waals surface area contributed by atoms with Crippen molar-refractivity contribution < 1.29 is 33.8 Å². The molecule has 0 saturated carbocycles. The van der Waals surface area contributed by atoms with Crippen molar-refractivity contribution in [2.45, 2.75) is 134 Å². The number of aromatic nitrogens is 4. The molecule has 1 aromatic rings. The highest BCUT2D eigenvalue weighted by Gasteiger charge is 2.19. The van der Waals surface area contributed by atoms with Crippen molar-refractivity contribution in [3.8, 4) is 0 Å². The van der Waals surface area contributed by atoms with Crippen LogP contribution in [0.15, 0.2) is 0 Å². The van der Waals surface area contributed by atoms with Crippen LogP contribution in [0.3, 0.4) is 0 Å². The van der Waals surface area contributed by atoms with Gasteiger partial charge in [0.1, 0.15) is 18.4 Å². The summed E-state index contributed by atoms with van der Waals surface area (Å²) in [7, 11) is 0. The van der Waals surface area contributed by atoms with Gasteiger partial charge in [0.15, 0.2) is 5.82 Å². The van der Waals surface area contributed by atoms with Gasteiger partial charge in [-0.05, 0) is 38.5 Å². The maximum absolute atomic E-state index is 12.1. The van der Waals surface area contributed by atoms with Crippen molar-refractivity contribution in [2.75, 3.05) is 38.3 Å². The number of aromatic amines is 1. The topological polar surface area (TPSA) is 185 Å². The van der Waals surface area contributed by atoms with Gasteiger partial charge in [-0.3, -0.25) is 14.4 Å². The minimum atomic E-state index is -1.11.